The van der Waals surface area contributed by atoms with Gasteiger partial charge in [-0.1, -0.05) is 12.1 Å². The summed E-state index contributed by atoms with van der Waals surface area (Å²) in [4.78, 5) is 27.7. The van der Waals surface area contributed by atoms with E-state index in [2.05, 4.69) is 5.32 Å². The van der Waals surface area contributed by atoms with Gasteiger partial charge in [0.05, 0.1) is 28.5 Å². The van der Waals surface area contributed by atoms with Crippen molar-refractivity contribution < 1.29 is 27.2 Å². The number of hydrogen-bond acceptors (Lipinski definition) is 3. The normalized spacial score (nSPS) is 16.8. The Bertz CT molecular complexity index is 944. The molecule has 2 aromatic rings. The van der Waals surface area contributed by atoms with Crippen molar-refractivity contribution >= 4 is 28.9 Å². The van der Waals surface area contributed by atoms with Crippen molar-refractivity contribution in [2.45, 2.75) is 12.6 Å². The Labute approximate surface area is 164 Å². The third-order valence-corrected chi connectivity index (χ3v) is 4.70. The van der Waals surface area contributed by atoms with E-state index in [0.29, 0.717) is 5.69 Å². The molecule has 0 radical (unpaired) electrons. The lowest BCUT2D eigenvalue weighted by atomic mass is 10.1. The molecule has 0 aliphatic carbocycles. The molecule has 3 rings (SSSR count). The third kappa shape index (κ3) is 4.33. The molecule has 2 aromatic carbocycles. The summed E-state index contributed by atoms with van der Waals surface area (Å²) in [6.45, 7) is -0.0537. The standard InChI is InChI=1S/C20H19F4N3O2/c1-26(2)17-8-7-13(20(22,23)24)10-15(17)25-19(29)12-9-18(28)27(11-12)16-6-4-3-5-14(16)21/h3-8,10,12H,9,11H2,1-2H3,(H,25,29). The van der Waals surface area contributed by atoms with Crippen LogP contribution in [0, 0.1) is 11.7 Å². The summed E-state index contributed by atoms with van der Waals surface area (Å²) in [7, 11) is 3.27. The molecule has 1 atom stereocenters. The number of anilines is 3. The highest BCUT2D eigenvalue weighted by atomic mass is 19.4. The van der Waals surface area contributed by atoms with Gasteiger partial charge in [0.15, 0.2) is 0 Å². The summed E-state index contributed by atoms with van der Waals surface area (Å²) in [5.74, 6) is -2.42. The van der Waals surface area contributed by atoms with Crippen molar-refractivity contribution in [3.05, 3.63) is 53.8 Å². The lowest BCUT2D eigenvalue weighted by molar-refractivity contribution is -0.137. The van der Waals surface area contributed by atoms with E-state index >= 15 is 0 Å². The van der Waals surface area contributed by atoms with E-state index in [1.165, 1.54) is 29.2 Å². The summed E-state index contributed by atoms with van der Waals surface area (Å²) in [6, 6.07) is 8.77. The van der Waals surface area contributed by atoms with Crippen LogP contribution in [0.2, 0.25) is 0 Å². The zero-order chi connectivity index (χ0) is 21.3. The minimum absolute atomic E-state index is 0.00776. The Morgan fingerprint density at radius 3 is 2.48 bits per heavy atom. The highest BCUT2D eigenvalue weighted by Crippen LogP contribution is 2.35. The lowest BCUT2D eigenvalue weighted by Crippen LogP contribution is -2.29. The van der Waals surface area contributed by atoms with Gasteiger partial charge in [0, 0.05) is 27.1 Å². The highest BCUT2D eigenvalue weighted by molar-refractivity contribution is 6.04. The van der Waals surface area contributed by atoms with Gasteiger partial charge in [-0.3, -0.25) is 9.59 Å². The Morgan fingerprint density at radius 1 is 1.17 bits per heavy atom. The quantitative estimate of drug-likeness (QED) is 0.780. The first-order chi connectivity index (χ1) is 13.6. The average Bonchev–Trinajstić information content (AvgIpc) is 3.03. The van der Waals surface area contributed by atoms with Gasteiger partial charge in [0.2, 0.25) is 11.8 Å². The number of carbonyl (C=O) groups is 2. The van der Waals surface area contributed by atoms with Gasteiger partial charge in [-0.05, 0) is 30.3 Å². The molecule has 9 heteroatoms. The molecule has 5 nitrogen and oxygen atoms in total. The molecule has 1 unspecified atom stereocenters. The minimum Gasteiger partial charge on any atom is -0.376 e. The Kier molecular flexibility index (Phi) is 5.50. The van der Waals surface area contributed by atoms with Crippen LogP contribution in [0.5, 0.6) is 0 Å². The van der Waals surface area contributed by atoms with E-state index in [1.54, 1.807) is 25.1 Å². The smallest absolute Gasteiger partial charge is 0.376 e. The number of nitrogens with one attached hydrogen (secondary N) is 1. The number of amides is 2. The molecule has 1 fully saturated rings. The van der Waals surface area contributed by atoms with Gasteiger partial charge in [0.1, 0.15) is 5.82 Å². The molecule has 0 aromatic heterocycles. The van der Waals surface area contributed by atoms with Crippen LogP contribution in [0.1, 0.15) is 12.0 Å². The van der Waals surface area contributed by atoms with Gasteiger partial charge in [-0.2, -0.15) is 13.2 Å². The molecule has 1 heterocycles. The van der Waals surface area contributed by atoms with Crippen LogP contribution in [-0.4, -0.2) is 32.5 Å². The molecule has 0 spiro atoms. The van der Waals surface area contributed by atoms with Crippen molar-refractivity contribution in [1.82, 2.24) is 0 Å². The van der Waals surface area contributed by atoms with E-state index in [0.717, 1.165) is 12.1 Å². The molecule has 0 bridgehead atoms. The molecule has 154 valence electrons. The average molecular weight is 409 g/mol. The Balaban J connectivity index is 1.82. The minimum atomic E-state index is -4.56. The fourth-order valence-electron chi connectivity index (χ4n) is 3.22. The largest absolute Gasteiger partial charge is 0.416 e. The molecule has 2 amide bonds. The van der Waals surface area contributed by atoms with Crippen molar-refractivity contribution in [3.8, 4) is 0 Å². The first kappa shape index (κ1) is 20.6. The van der Waals surface area contributed by atoms with E-state index in [1.807, 2.05) is 0 Å². The maximum absolute atomic E-state index is 14.0. The highest BCUT2D eigenvalue weighted by Gasteiger charge is 2.37. The first-order valence-electron chi connectivity index (χ1n) is 8.82. The summed E-state index contributed by atoms with van der Waals surface area (Å²) in [6.07, 6.45) is -4.72. The van der Waals surface area contributed by atoms with Crippen LogP contribution in [0.25, 0.3) is 0 Å². The predicted octanol–water partition coefficient (Wildman–Crippen LogP) is 3.90. The number of halogens is 4. The van der Waals surface area contributed by atoms with E-state index in [9.17, 15) is 27.2 Å². The number of hydrogen-bond donors (Lipinski definition) is 1. The van der Waals surface area contributed by atoms with Gasteiger partial charge >= 0.3 is 6.18 Å². The summed E-state index contributed by atoms with van der Waals surface area (Å²) in [5.41, 5.74) is -0.442. The van der Waals surface area contributed by atoms with Crippen LogP contribution in [0.4, 0.5) is 34.6 Å². The van der Waals surface area contributed by atoms with Gasteiger partial charge in [-0.25, -0.2) is 4.39 Å². The monoisotopic (exact) mass is 409 g/mol. The zero-order valence-electron chi connectivity index (χ0n) is 15.8. The second-order valence-electron chi connectivity index (χ2n) is 6.97. The van der Waals surface area contributed by atoms with Crippen molar-refractivity contribution in [2.75, 3.05) is 35.8 Å². The fraction of sp³-hybridized carbons (Fsp3) is 0.300. The van der Waals surface area contributed by atoms with Gasteiger partial charge in [-0.15, -0.1) is 0 Å². The number of benzene rings is 2. The number of rotatable bonds is 4. The molecule has 1 N–H and O–H groups in total. The van der Waals surface area contributed by atoms with Gasteiger partial charge < -0.3 is 15.1 Å². The second kappa shape index (κ2) is 7.73. The maximum atomic E-state index is 14.0. The summed E-state index contributed by atoms with van der Waals surface area (Å²) >= 11 is 0. The van der Waals surface area contributed by atoms with Crippen molar-refractivity contribution in [3.63, 3.8) is 0 Å². The number of nitrogens with zero attached hydrogens (tertiary/aromatic N) is 2. The molecule has 0 saturated carbocycles. The topological polar surface area (TPSA) is 52.7 Å². The Hall–Kier alpha value is -3.10. The first-order valence-corrected chi connectivity index (χ1v) is 8.82. The SMILES string of the molecule is CN(C)c1ccc(C(F)(F)F)cc1NC(=O)C1CC(=O)N(c2ccccc2F)C1. The number of carbonyl (C=O) groups excluding carboxylic acids is 2. The van der Waals surface area contributed by atoms with Gasteiger partial charge in [0.25, 0.3) is 0 Å². The molecule has 1 aliphatic heterocycles. The lowest BCUT2D eigenvalue weighted by Gasteiger charge is -2.21. The summed E-state index contributed by atoms with van der Waals surface area (Å²) in [5, 5.41) is 2.50. The van der Waals surface area contributed by atoms with Crippen LogP contribution in [0.3, 0.4) is 0 Å². The van der Waals surface area contributed by atoms with Crippen LogP contribution in [-0.2, 0) is 15.8 Å². The molecular weight excluding hydrogens is 390 g/mol. The van der Waals surface area contributed by atoms with Crippen molar-refractivity contribution in [2.24, 2.45) is 5.92 Å². The third-order valence-electron chi connectivity index (χ3n) is 4.70. The van der Waals surface area contributed by atoms with Crippen LogP contribution >= 0.6 is 0 Å². The molecular formula is C20H19F4N3O2. The summed E-state index contributed by atoms with van der Waals surface area (Å²) < 4.78 is 53.1. The molecule has 1 aliphatic rings. The number of alkyl halides is 3. The zero-order valence-corrected chi connectivity index (χ0v) is 15.8. The van der Waals surface area contributed by atoms with E-state index in [4.69, 9.17) is 0 Å². The van der Waals surface area contributed by atoms with E-state index in [-0.39, 0.29) is 24.3 Å². The Morgan fingerprint density at radius 2 is 1.86 bits per heavy atom. The molecule has 1 saturated heterocycles. The maximum Gasteiger partial charge on any atom is 0.416 e. The number of para-hydroxylation sites is 1. The fourth-order valence-corrected chi connectivity index (χ4v) is 3.22. The van der Waals surface area contributed by atoms with E-state index < -0.39 is 35.3 Å². The molecule has 29 heavy (non-hydrogen) atoms. The predicted molar refractivity (Wildman–Crippen MR) is 101 cm³/mol. The van der Waals surface area contributed by atoms with Crippen LogP contribution in [0.15, 0.2) is 42.5 Å². The van der Waals surface area contributed by atoms with Crippen molar-refractivity contribution in [1.29, 1.82) is 0 Å². The second-order valence-corrected chi connectivity index (χ2v) is 6.97. The van der Waals surface area contributed by atoms with Crippen LogP contribution < -0.4 is 15.1 Å².